The Morgan fingerprint density at radius 3 is 2.19 bits per heavy atom. The summed E-state index contributed by atoms with van der Waals surface area (Å²) in [5.41, 5.74) is 2.75. The van der Waals surface area contributed by atoms with E-state index in [0.717, 1.165) is 8.79 Å². The molecule has 16 heavy (non-hydrogen) atoms. The van der Waals surface area contributed by atoms with Gasteiger partial charge in [0.1, 0.15) is 5.01 Å². The summed E-state index contributed by atoms with van der Waals surface area (Å²) in [7, 11) is 0. The van der Waals surface area contributed by atoms with Crippen molar-refractivity contribution in [3.05, 3.63) is 39.8 Å². The van der Waals surface area contributed by atoms with Gasteiger partial charge in [-0.3, -0.25) is 0 Å². The zero-order valence-electron chi connectivity index (χ0n) is 9.62. The summed E-state index contributed by atoms with van der Waals surface area (Å²) < 4.78 is 1.07. The molecule has 0 aliphatic rings. The molecule has 1 aromatic carbocycles. The summed E-state index contributed by atoms with van der Waals surface area (Å²) in [5.74, 6) is 0. The van der Waals surface area contributed by atoms with Crippen LogP contribution >= 0.6 is 27.3 Å². The van der Waals surface area contributed by atoms with Crippen molar-refractivity contribution < 1.29 is 0 Å². The summed E-state index contributed by atoms with van der Waals surface area (Å²) in [6.07, 6.45) is 1.84. The lowest BCUT2D eigenvalue weighted by Crippen LogP contribution is -2.10. The molecule has 0 aliphatic heterocycles. The highest BCUT2D eigenvalue weighted by Crippen LogP contribution is 2.30. The first-order valence-electron chi connectivity index (χ1n) is 5.19. The highest BCUT2D eigenvalue weighted by atomic mass is 79.9. The zero-order chi connectivity index (χ0) is 11.8. The fourth-order valence-electron chi connectivity index (χ4n) is 1.50. The third-order valence-corrected chi connectivity index (χ3v) is 4.00. The molecule has 0 amide bonds. The van der Waals surface area contributed by atoms with Gasteiger partial charge in [0.25, 0.3) is 0 Å². The standard InChI is InChI=1S/C13H14BrNS/c1-13(2,3)10-6-4-9(5-7-10)12-15-8-11(14)16-12/h4-8H,1-3H3. The van der Waals surface area contributed by atoms with Crippen LogP contribution in [0.25, 0.3) is 10.6 Å². The Morgan fingerprint density at radius 2 is 1.75 bits per heavy atom. The second-order valence-electron chi connectivity index (χ2n) is 4.80. The van der Waals surface area contributed by atoms with Crippen LogP contribution in [-0.2, 0) is 5.41 Å². The molecule has 0 N–H and O–H groups in total. The van der Waals surface area contributed by atoms with Gasteiger partial charge < -0.3 is 0 Å². The fourth-order valence-corrected chi connectivity index (χ4v) is 2.71. The summed E-state index contributed by atoms with van der Waals surface area (Å²) in [6, 6.07) is 8.66. The number of rotatable bonds is 1. The van der Waals surface area contributed by atoms with Crippen LogP contribution in [0.5, 0.6) is 0 Å². The first-order valence-corrected chi connectivity index (χ1v) is 6.80. The third-order valence-electron chi connectivity index (χ3n) is 2.48. The van der Waals surface area contributed by atoms with Crippen LogP contribution in [0.2, 0.25) is 0 Å². The second-order valence-corrected chi connectivity index (χ2v) is 7.21. The molecule has 0 fully saturated rings. The quantitative estimate of drug-likeness (QED) is 0.731. The molecule has 0 radical (unpaired) electrons. The van der Waals surface area contributed by atoms with Crippen LogP contribution in [0.15, 0.2) is 34.2 Å². The van der Waals surface area contributed by atoms with Crippen LogP contribution in [0.3, 0.4) is 0 Å². The second kappa shape index (κ2) is 4.30. The highest BCUT2D eigenvalue weighted by molar-refractivity contribution is 9.11. The zero-order valence-corrected chi connectivity index (χ0v) is 12.0. The molecule has 2 aromatic rings. The van der Waals surface area contributed by atoms with Gasteiger partial charge in [-0.2, -0.15) is 0 Å². The highest BCUT2D eigenvalue weighted by Gasteiger charge is 2.13. The van der Waals surface area contributed by atoms with Crippen molar-refractivity contribution in [3.8, 4) is 10.6 Å². The average Bonchev–Trinajstić information content (AvgIpc) is 2.64. The van der Waals surface area contributed by atoms with Crippen molar-refractivity contribution in [1.82, 2.24) is 4.98 Å². The topological polar surface area (TPSA) is 12.9 Å². The molecule has 3 heteroatoms. The number of aromatic nitrogens is 1. The van der Waals surface area contributed by atoms with Crippen LogP contribution in [0.4, 0.5) is 0 Å². The van der Waals surface area contributed by atoms with Gasteiger partial charge in [0.15, 0.2) is 0 Å². The number of hydrogen-bond donors (Lipinski definition) is 0. The van der Waals surface area contributed by atoms with E-state index in [1.807, 2.05) is 6.20 Å². The molecule has 1 aromatic heterocycles. The van der Waals surface area contributed by atoms with E-state index in [0.29, 0.717) is 0 Å². The molecule has 84 valence electrons. The van der Waals surface area contributed by atoms with E-state index in [-0.39, 0.29) is 5.41 Å². The minimum absolute atomic E-state index is 0.210. The lowest BCUT2D eigenvalue weighted by atomic mass is 9.87. The van der Waals surface area contributed by atoms with Crippen molar-refractivity contribution in [2.75, 3.05) is 0 Å². The van der Waals surface area contributed by atoms with E-state index in [4.69, 9.17) is 0 Å². The molecule has 0 spiro atoms. The van der Waals surface area contributed by atoms with Crippen molar-refractivity contribution in [3.63, 3.8) is 0 Å². The minimum atomic E-state index is 0.210. The van der Waals surface area contributed by atoms with Gasteiger partial charge in [-0.05, 0) is 26.9 Å². The average molecular weight is 296 g/mol. The first-order chi connectivity index (χ1) is 7.47. The summed E-state index contributed by atoms with van der Waals surface area (Å²) in [5, 5.41) is 1.06. The molecule has 0 bridgehead atoms. The number of halogens is 1. The van der Waals surface area contributed by atoms with Gasteiger partial charge in [0.2, 0.25) is 0 Å². The maximum absolute atomic E-state index is 4.35. The van der Waals surface area contributed by atoms with Gasteiger partial charge in [0.05, 0.1) is 9.98 Å². The Bertz CT molecular complexity index is 479. The van der Waals surface area contributed by atoms with Gasteiger partial charge >= 0.3 is 0 Å². The molecular weight excluding hydrogens is 282 g/mol. The van der Waals surface area contributed by atoms with Gasteiger partial charge in [0, 0.05) is 5.56 Å². The SMILES string of the molecule is CC(C)(C)c1ccc(-c2ncc(Br)s2)cc1. The Hall–Kier alpha value is -0.670. The van der Waals surface area contributed by atoms with Gasteiger partial charge in [-0.25, -0.2) is 4.98 Å². The van der Waals surface area contributed by atoms with Crippen LogP contribution in [-0.4, -0.2) is 4.98 Å². The number of thiazole rings is 1. The fraction of sp³-hybridized carbons (Fsp3) is 0.308. The number of benzene rings is 1. The molecule has 0 saturated heterocycles. The Morgan fingerprint density at radius 1 is 1.12 bits per heavy atom. The predicted octanol–water partition coefficient (Wildman–Crippen LogP) is 4.87. The Kier molecular flexibility index (Phi) is 3.17. The maximum atomic E-state index is 4.35. The van der Waals surface area contributed by atoms with Crippen molar-refractivity contribution in [2.45, 2.75) is 26.2 Å². The van der Waals surface area contributed by atoms with Crippen LogP contribution in [0, 0.1) is 0 Å². The van der Waals surface area contributed by atoms with Crippen molar-refractivity contribution >= 4 is 27.3 Å². The summed E-state index contributed by atoms with van der Waals surface area (Å²) >= 11 is 5.09. The van der Waals surface area contributed by atoms with E-state index in [2.05, 4.69) is 66.0 Å². The molecular formula is C13H14BrNS. The molecule has 1 heterocycles. The molecule has 0 unspecified atom stereocenters. The number of hydrogen-bond acceptors (Lipinski definition) is 2. The monoisotopic (exact) mass is 295 g/mol. The van der Waals surface area contributed by atoms with Gasteiger partial charge in [-0.15, -0.1) is 11.3 Å². The minimum Gasteiger partial charge on any atom is -0.243 e. The van der Waals surface area contributed by atoms with Crippen LogP contribution in [0.1, 0.15) is 26.3 Å². The summed E-state index contributed by atoms with van der Waals surface area (Å²) in [6.45, 7) is 6.67. The van der Waals surface area contributed by atoms with E-state index in [1.54, 1.807) is 11.3 Å². The summed E-state index contributed by atoms with van der Waals surface area (Å²) in [4.78, 5) is 4.35. The lowest BCUT2D eigenvalue weighted by Gasteiger charge is -2.18. The van der Waals surface area contributed by atoms with Crippen molar-refractivity contribution in [1.29, 1.82) is 0 Å². The largest absolute Gasteiger partial charge is 0.243 e. The van der Waals surface area contributed by atoms with E-state index in [1.165, 1.54) is 11.1 Å². The lowest BCUT2D eigenvalue weighted by molar-refractivity contribution is 0.590. The normalized spacial score (nSPS) is 11.8. The van der Waals surface area contributed by atoms with E-state index < -0.39 is 0 Å². The molecule has 1 nitrogen and oxygen atoms in total. The van der Waals surface area contributed by atoms with Gasteiger partial charge in [-0.1, -0.05) is 45.0 Å². The number of nitrogens with zero attached hydrogens (tertiary/aromatic N) is 1. The van der Waals surface area contributed by atoms with E-state index in [9.17, 15) is 0 Å². The Labute approximate surface area is 109 Å². The third kappa shape index (κ3) is 2.53. The molecule has 2 rings (SSSR count). The molecule has 0 aliphatic carbocycles. The predicted molar refractivity (Wildman–Crippen MR) is 74.0 cm³/mol. The first kappa shape index (κ1) is 11.8. The van der Waals surface area contributed by atoms with Crippen LogP contribution < -0.4 is 0 Å². The smallest absolute Gasteiger partial charge is 0.124 e. The van der Waals surface area contributed by atoms with Crippen molar-refractivity contribution in [2.24, 2.45) is 0 Å². The molecule has 0 atom stereocenters. The maximum Gasteiger partial charge on any atom is 0.124 e. The van der Waals surface area contributed by atoms with E-state index >= 15 is 0 Å². The molecule has 0 saturated carbocycles. The Balaban J connectivity index is 2.33.